The molecule has 5 heteroatoms. The van der Waals surface area contributed by atoms with Crippen molar-refractivity contribution in [1.82, 2.24) is 4.90 Å². The molecular weight excluding hydrogens is 400 g/mol. The second kappa shape index (κ2) is 8.87. The molecule has 0 radical (unpaired) electrons. The lowest BCUT2D eigenvalue weighted by Crippen LogP contribution is -2.51. The summed E-state index contributed by atoms with van der Waals surface area (Å²) in [7, 11) is 0. The second-order valence-electron chi connectivity index (χ2n) is 11.7. The monoisotopic (exact) mass is 442 g/mol. The lowest BCUT2D eigenvalue weighted by Gasteiger charge is -2.58. The van der Waals surface area contributed by atoms with Crippen LogP contribution in [0.1, 0.15) is 72.1 Å². The van der Waals surface area contributed by atoms with Crippen LogP contribution in [-0.4, -0.2) is 55.8 Å². The Balaban J connectivity index is 1.23. The Labute approximate surface area is 194 Å². The molecule has 4 fully saturated rings. The van der Waals surface area contributed by atoms with Crippen molar-refractivity contribution in [3.8, 4) is 0 Å². The Morgan fingerprint density at radius 1 is 1.12 bits per heavy atom. The minimum Gasteiger partial charge on any atom is -0.394 e. The highest BCUT2D eigenvalue weighted by molar-refractivity contribution is 5.91. The second-order valence-corrected chi connectivity index (χ2v) is 11.7. The summed E-state index contributed by atoms with van der Waals surface area (Å²) >= 11 is 0. The van der Waals surface area contributed by atoms with Gasteiger partial charge in [-0.15, -0.1) is 0 Å². The molecule has 178 valence electrons. The molecule has 3 saturated carbocycles. The van der Waals surface area contributed by atoms with Crippen molar-refractivity contribution in [3.05, 3.63) is 11.6 Å². The van der Waals surface area contributed by atoms with E-state index in [0.717, 1.165) is 69.9 Å². The van der Waals surface area contributed by atoms with Gasteiger partial charge in [-0.2, -0.15) is 0 Å². The number of rotatable bonds is 5. The molecule has 1 aliphatic heterocycles. The molecular formula is C27H42N2O3. The van der Waals surface area contributed by atoms with Gasteiger partial charge in [0.2, 0.25) is 0 Å². The van der Waals surface area contributed by atoms with Gasteiger partial charge >= 0.3 is 0 Å². The van der Waals surface area contributed by atoms with Crippen LogP contribution in [0, 0.1) is 34.5 Å². The third kappa shape index (κ3) is 3.87. The van der Waals surface area contributed by atoms with Crippen molar-refractivity contribution < 1.29 is 14.4 Å². The maximum absolute atomic E-state index is 12.1. The quantitative estimate of drug-likeness (QED) is 0.347. The fraction of sp³-hybridized carbons (Fsp3) is 0.852. The molecule has 6 atom stereocenters. The summed E-state index contributed by atoms with van der Waals surface area (Å²) in [5.74, 6) is 3.27. The number of oxime groups is 1. The maximum Gasteiger partial charge on any atom is 0.155 e. The molecule has 0 amide bonds. The number of carbonyl (C=O) groups excluding carboxylic acids is 1. The molecule has 5 aliphatic rings. The molecule has 0 spiro atoms. The number of morpholine rings is 1. The van der Waals surface area contributed by atoms with E-state index in [0.29, 0.717) is 23.7 Å². The number of carbonyl (C=O) groups is 1. The zero-order chi connectivity index (χ0) is 22.3. The lowest BCUT2D eigenvalue weighted by molar-refractivity contribution is -0.117. The van der Waals surface area contributed by atoms with Gasteiger partial charge in [0.1, 0.15) is 6.61 Å². The average Bonchev–Trinajstić information content (AvgIpc) is 3.15. The maximum atomic E-state index is 12.1. The summed E-state index contributed by atoms with van der Waals surface area (Å²) in [6.07, 6.45) is 11.4. The highest BCUT2D eigenvalue weighted by atomic mass is 16.6. The van der Waals surface area contributed by atoms with Crippen molar-refractivity contribution in [2.75, 3.05) is 39.5 Å². The largest absolute Gasteiger partial charge is 0.394 e. The fourth-order valence-electron chi connectivity index (χ4n) is 8.45. The smallest absolute Gasteiger partial charge is 0.155 e. The molecule has 0 bridgehead atoms. The predicted octanol–water partition coefficient (Wildman–Crippen LogP) is 4.86. The summed E-state index contributed by atoms with van der Waals surface area (Å²) in [6.45, 7) is 12.5. The first-order valence-electron chi connectivity index (χ1n) is 13.1. The summed E-state index contributed by atoms with van der Waals surface area (Å²) in [6, 6.07) is 0. The number of ether oxygens (including phenoxy) is 1. The first-order chi connectivity index (χ1) is 15.4. The topological polar surface area (TPSA) is 51.1 Å². The van der Waals surface area contributed by atoms with Crippen molar-refractivity contribution in [2.45, 2.75) is 72.1 Å². The van der Waals surface area contributed by atoms with Gasteiger partial charge in [0, 0.05) is 32.0 Å². The molecule has 6 unspecified atom stereocenters. The van der Waals surface area contributed by atoms with Gasteiger partial charge in [-0.3, -0.25) is 9.69 Å². The Morgan fingerprint density at radius 2 is 1.94 bits per heavy atom. The van der Waals surface area contributed by atoms with Crippen LogP contribution in [0.25, 0.3) is 0 Å². The molecule has 0 aromatic carbocycles. The first kappa shape index (κ1) is 22.6. The van der Waals surface area contributed by atoms with Gasteiger partial charge in [0.05, 0.1) is 18.9 Å². The van der Waals surface area contributed by atoms with Crippen LogP contribution in [0.2, 0.25) is 0 Å². The molecule has 4 aliphatic carbocycles. The average molecular weight is 443 g/mol. The number of nitrogens with zero attached hydrogens (tertiary/aromatic N) is 2. The summed E-state index contributed by atoms with van der Waals surface area (Å²) < 4.78 is 5.42. The minimum absolute atomic E-state index is 0.266. The van der Waals surface area contributed by atoms with Gasteiger partial charge in [0.15, 0.2) is 5.78 Å². The fourth-order valence-corrected chi connectivity index (χ4v) is 8.45. The van der Waals surface area contributed by atoms with E-state index < -0.39 is 0 Å². The third-order valence-corrected chi connectivity index (χ3v) is 10.3. The van der Waals surface area contributed by atoms with Crippen molar-refractivity contribution in [3.63, 3.8) is 0 Å². The highest BCUT2D eigenvalue weighted by Crippen LogP contribution is 2.66. The summed E-state index contributed by atoms with van der Waals surface area (Å²) in [5, 5.41) is 4.63. The van der Waals surface area contributed by atoms with Gasteiger partial charge in [-0.25, -0.2) is 0 Å². The molecule has 1 heterocycles. The number of hydrogen-bond donors (Lipinski definition) is 0. The van der Waals surface area contributed by atoms with E-state index in [1.807, 2.05) is 6.08 Å². The SMILES string of the molecule is C/C(=N\OCCN1CCOCC1)C1CCC2C3CCC4=CC(=O)CCC4(C)C3CCC12C. The first-order valence-corrected chi connectivity index (χ1v) is 13.1. The molecule has 1 saturated heterocycles. The summed E-state index contributed by atoms with van der Waals surface area (Å²) in [4.78, 5) is 20.3. The van der Waals surface area contributed by atoms with Gasteiger partial charge in [-0.05, 0) is 86.5 Å². The molecule has 0 aromatic rings. The van der Waals surface area contributed by atoms with Crippen molar-refractivity contribution in [2.24, 2.45) is 39.7 Å². The Morgan fingerprint density at radius 3 is 2.75 bits per heavy atom. The zero-order valence-corrected chi connectivity index (χ0v) is 20.4. The third-order valence-electron chi connectivity index (χ3n) is 10.3. The van der Waals surface area contributed by atoms with Crippen LogP contribution in [-0.2, 0) is 14.4 Å². The summed E-state index contributed by atoms with van der Waals surface area (Å²) in [5.41, 5.74) is 3.30. The van der Waals surface area contributed by atoms with Gasteiger partial charge < -0.3 is 9.57 Å². The van der Waals surface area contributed by atoms with E-state index in [-0.39, 0.29) is 5.41 Å². The number of allylic oxidation sites excluding steroid dienone is 1. The van der Waals surface area contributed by atoms with Crippen LogP contribution in [0.4, 0.5) is 0 Å². The number of ketones is 1. The van der Waals surface area contributed by atoms with E-state index >= 15 is 0 Å². The highest BCUT2D eigenvalue weighted by Gasteiger charge is 2.59. The Kier molecular flexibility index (Phi) is 6.26. The van der Waals surface area contributed by atoms with Gasteiger partial charge in [-0.1, -0.05) is 24.6 Å². The van der Waals surface area contributed by atoms with Crippen molar-refractivity contribution in [1.29, 1.82) is 0 Å². The van der Waals surface area contributed by atoms with E-state index in [4.69, 9.17) is 9.57 Å². The Hall–Kier alpha value is -1.20. The van der Waals surface area contributed by atoms with Crippen LogP contribution in [0.3, 0.4) is 0 Å². The van der Waals surface area contributed by atoms with Crippen LogP contribution >= 0.6 is 0 Å². The zero-order valence-electron chi connectivity index (χ0n) is 20.4. The molecule has 5 rings (SSSR count). The van der Waals surface area contributed by atoms with Crippen LogP contribution in [0.15, 0.2) is 16.8 Å². The van der Waals surface area contributed by atoms with Gasteiger partial charge in [0.25, 0.3) is 0 Å². The molecule has 0 N–H and O–H groups in total. The van der Waals surface area contributed by atoms with E-state index in [1.54, 1.807) is 0 Å². The van der Waals surface area contributed by atoms with E-state index in [2.05, 4.69) is 30.8 Å². The molecule has 32 heavy (non-hydrogen) atoms. The molecule has 0 aromatic heterocycles. The Bertz CT molecular complexity index is 786. The number of fused-ring (bicyclic) bond motifs is 5. The van der Waals surface area contributed by atoms with Crippen molar-refractivity contribution >= 4 is 11.5 Å². The standard InChI is InChI=1S/C27H42N2O3/c1-19(28-32-17-14-29-12-15-31-16-13-29)23-6-7-24-22-5-4-20-18-21(30)8-10-26(20,2)25(22)9-11-27(23,24)3/h18,22-25H,4-17H2,1-3H3/b28-19+. The normalized spacial score (nSPS) is 42.7. The van der Waals surface area contributed by atoms with Crippen LogP contribution < -0.4 is 0 Å². The van der Waals surface area contributed by atoms with Crippen LogP contribution in [0.5, 0.6) is 0 Å². The molecule has 5 nitrogen and oxygen atoms in total. The lowest BCUT2D eigenvalue weighted by atomic mass is 9.46. The predicted molar refractivity (Wildman–Crippen MR) is 127 cm³/mol. The minimum atomic E-state index is 0.266. The van der Waals surface area contributed by atoms with E-state index in [9.17, 15) is 4.79 Å². The number of hydrogen-bond acceptors (Lipinski definition) is 5. The van der Waals surface area contributed by atoms with E-state index in [1.165, 1.54) is 43.4 Å².